The van der Waals surface area contributed by atoms with E-state index in [0.717, 1.165) is 12.8 Å². The summed E-state index contributed by atoms with van der Waals surface area (Å²) in [7, 11) is 1.67. The maximum Gasteiger partial charge on any atom is 0.0933 e. The van der Waals surface area contributed by atoms with Gasteiger partial charge >= 0.3 is 0 Å². The van der Waals surface area contributed by atoms with Gasteiger partial charge in [-0.3, -0.25) is 0 Å². The number of halogens is 1. The summed E-state index contributed by atoms with van der Waals surface area (Å²) in [6, 6.07) is 0. The maximum absolute atomic E-state index is 5.14. The number of hydrogen-bond donors (Lipinski definition) is 0. The first kappa shape index (κ1) is 9.92. The van der Waals surface area contributed by atoms with Crippen molar-refractivity contribution in [1.29, 1.82) is 0 Å². The highest BCUT2D eigenvalue weighted by Crippen LogP contribution is 2.01. The molecule has 0 heterocycles. The lowest BCUT2D eigenvalue weighted by atomic mass is 10.2. The van der Waals surface area contributed by atoms with Crippen molar-refractivity contribution in [3.05, 3.63) is 0 Å². The smallest absolute Gasteiger partial charge is 0.0933 e. The molecule has 0 aliphatic carbocycles. The zero-order valence-corrected chi connectivity index (χ0v) is 7.27. The third-order valence-corrected chi connectivity index (χ3v) is 1.48. The van der Waals surface area contributed by atoms with Crippen molar-refractivity contribution >= 4 is 18.0 Å². The molecule has 3 heteroatoms. The fourth-order valence-corrected chi connectivity index (χ4v) is 0.847. The minimum atomic E-state index is 0.0949. The summed E-state index contributed by atoms with van der Waals surface area (Å²) in [4.78, 5) is 0. The Hall–Kier alpha value is -0.0800. The van der Waals surface area contributed by atoms with Gasteiger partial charge in [0.1, 0.15) is 0 Å². The van der Waals surface area contributed by atoms with E-state index in [9.17, 15) is 0 Å². The Bertz CT molecular complexity index is 95.6. The van der Waals surface area contributed by atoms with Gasteiger partial charge in [0, 0.05) is 25.1 Å². The van der Waals surface area contributed by atoms with Crippen LogP contribution in [0.3, 0.4) is 0 Å². The van der Waals surface area contributed by atoms with Crippen LogP contribution in [0.4, 0.5) is 0 Å². The summed E-state index contributed by atoms with van der Waals surface area (Å²) in [6.07, 6.45) is 5.05. The van der Waals surface area contributed by atoms with Gasteiger partial charge in [-0.25, -0.2) is 0 Å². The van der Waals surface area contributed by atoms with Crippen LogP contribution >= 0.6 is 11.8 Å². The molecule has 0 amide bonds. The van der Waals surface area contributed by atoms with Crippen molar-refractivity contribution in [2.75, 3.05) is 7.11 Å². The highest BCUT2D eigenvalue weighted by atomic mass is 35.5. The average Bonchev–Trinajstić information content (AvgIpc) is 1.98. The van der Waals surface area contributed by atoms with Crippen molar-refractivity contribution in [1.82, 2.24) is 0 Å². The molecule has 0 aromatic heterocycles. The van der Waals surface area contributed by atoms with Gasteiger partial charge in [0.15, 0.2) is 0 Å². The third-order valence-electron chi connectivity index (χ3n) is 1.37. The summed E-state index contributed by atoms with van der Waals surface area (Å²) in [6.45, 7) is 2.14. The Kier molecular flexibility index (Phi) is 6.98. The van der Waals surface area contributed by atoms with E-state index >= 15 is 0 Å². The number of nitrogens with zero attached hydrogens (tertiary/aromatic N) is 1. The lowest BCUT2D eigenvalue weighted by molar-refractivity contribution is 0.150. The minimum Gasteiger partial charge on any atom is -0.376 e. The quantitative estimate of drug-likeness (QED) is 0.571. The molecule has 0 saturated heterocycles. The Morgan fingerprint density at radius 1 is 1.70 bits per heavy atom. The summed E-state index contributed by atoms with van der Waals surface area (Å²) < 4.78 is 8.44. The third kappa shape index (κ3) is 4.77. The molecular weight excluding hydrogens is 150 g/mol. The van der Waals surface area contributed by atoms with Crippen LogP contribution in [-0.4, -0.2) is 19.4 Å². The SMILES string of the molecule is CCCCC(/C=N/Cl)OC. The van der Waals surface area contributed by atoms with E-state index in [1.54, 1.807) is 13.3 Å². The zero-order chi connectivity index (χ0) is 7.82. The topological polar surface area (TPSA) is 21.6 Å². The number of rotatable bonds is 5. The molecule has 0 radical (unpaired) electrons. The Labute approximate surface area is 67.4 Å². The van der Waals surface area contributed by atoms with Gasteiger partial charge < -0.3 is 4.74 Å². The van der Waals surface area contributed by atoms with Gasteiger partial charge in [0.25, 0.3) is 0 Å². The van der Waals surface area contributed by atoms with Crippen LogP contribution in [0.2, 0.25) is 0 Å². The van der Waals surface area contributed by atoms with E-state index in [1.807, 2.05) is 0 Å². The van der Waals surface area contributed by atoms with E-state index in [2.05, 4.69) is 11.4 Å². The van der Waals surface area contributed by atoms with E-state index in [4.69, 9.17) is 16.5 Å². The van der Waals surface area contributed by atoms with Gasteiger partial charge in [-0.05, 0) is 6.42 Å². The predicted octanol–water partition coefficient (Wildman–Crippen LogP) is 2.42. The first-order chi connectivity index (χ1) is 4.85. The van der Waals surface area contributed by atoms with Crippen LogP contribution in [0.1, 0.15) is 26.2 Å². The lowest BCUT2D eigenvalue weighted by Gasteiger charge is -2.06. The number of unbranched alkanes of at least 4 members (excludes halogenated alkanes) is 1. The van der Waals surface area contributed by atoms with Gasteiger partial charge in [-0.1, -0.05) is 19.8 Å². The second kappa shape index (κ2) is 7.03. The van der Waals surface area contributed by atoms with E-state index in [1.165, 1.54) is 6.42 Å². The molecule has 0 aliphatic heterocycles. The van der Waals surface area contributed by atoms with Crippen LogP contribution in [0.15, 0.2) is 4.51 Å². The molecule has 10 heavy (non-hydrogen) atoms. The molecule has 0 spiro atoms. The van der Waals surface area contributed by atoms with E-state index in [0.29, 0.717) is 0 Å². The highest BCUT2D eigenvalue weighted by Gasteiger charge is 2.00. The molecule has 1 unspecified atom stereocenters. The van der Waals surface area contributed by atoms with Gasteiger partial charge in [-0.2, -0.15) is 4.51 Å². The second-order valence-corrected chi connectivity index (χ2v) is 2.36. The van der Waals surface area contributed by atoms with Gasteiger partial charge in [-0.15, -0.1) is 0 Å². The lowest BCUT2D eigenvalue weighted by Crippen LogP contribution is -2.10. The zero-order valence-electron chi connectivity index (χ0n) is 6.51. The number of methoxy groups -OCH3 is 1. The van der Waals surface area contributed by atoms with Crippen LogP contribution in [0, 0.1) is 0 Å². The second-order valence-electron chi connectivity index (χ2n) is 2.16. The van der Waals surface area contributed by atoms with Crippen molar-refractivity contribution in [3.63, 3.8) is 0 Å². The normalized spacial score (nSPS) is 14.3. The first-order valence-electron chi connectivity index (χ1n) is 3.52. The van der Waals surface area contributed by atoms with Gasteiger partial charge in [0.05, 0.1) is 6.10 Å². The average molecular weight is 164 g/mol. The fourth-order valence-electron chi connectivity index (χ4n) is 0.721. The summed E-state index contributed by atoms with van der Waals surface area (Å²) in [5, 5.41) is 0. The Morgan fingerprint density at radius 2 is 2.40 bits per heavy atom. The van der Waals surface area contributed by atoms with Crippen LogP contribution < -0.4 is 0 Å². The fraction of sp³-hybridized carbons (Fsp3) is 0.857. The molecule has 0 fully saturated rings. The largest absolute Gasteiger partial charge is 0.376 e. The first-order valence-corrected chi connectivity index (χ1v) is 3.86. The Morgan fingerprint density at radius 3 is 2.80 bits per heavy atom. The summed E-state index contributed by atoms with van der Waals surface area (Å²) in [5.74, 6) is 0. The van der Waals surface area contributed by atoms with E-state index < -0.39 is 0 Å². The molecule has 0 aromatic rings. The maximum atomic E-state index is 5.14. The summed E-state index contributed by atoms with van der Waals surface area (Å²) >= 11 is 5.14. The van der Waals surface area contributed by atoms with E-state index in [-0.39, 0.29) is 6.10 Å². The van der Waals surface area contributed by atoms with Crippen molar-refractivity contribution < 1.29 is 4.74 Å². The van der Waals surface area contributed by atoms with Gasteiger partial charge in [0.2, 0.25) is 0 Å². The van der Waals surface area contributed by atoms with Crippen LogP contribution in [0.25, 0.3) is 0 Å². The molecule has 60 valence electrons. The molecule has 0 bridgehead atoms. The molecule has 0 N–H and O–H groups in total. The van der Waals surface area contributed by atoms with Crippen molar-refractivity contribution in [2.45, 2.75) is 32.3 Å². The molecule has 0 aromatic carbocycles. The molecule has 2 nitrogen and oxygen atoms in total. The summed E-state index contributed by atoms with van der Waals surface area (Å²) in [5.41, 5.74) is 0. The highest BCUT2D eigenvalue weighted by molar-refractivity contribution is 6.17. The standard InChI is InChI=1S/C7H14ClNO/c1-3-4-5-7(10-2)6-9-8/h6-7H,3-5H2,1-2H3/b9-6+. The molecule has 0 saturated carbocycles. The van der Waals surface area contributed by atoms with Crippen molar-refractivity contribution in [2.24, 2.45) is 4.51 Å². The molecule has 0 rings (SSSR count). The predicted molar refractivity (Wildman–Crippen MR) is 44.7 cm³/mol. The molecular formula is C7H14ClNO. The van der Waals surface area contributed by atoms with Crippen molar-refractivity contribution in [3.8, 4) is 0 Å². The van der Waals surface area contributed by atoms with Crippen LogP contribution in [0.5, 0.6) is 0 Å². The Balaban J connectivity index is 3.39. The number of hydrogen-bond acceptors (Lipinski definition) is 2. The minimum absolute atomic E-state index is 0.0949. The molecule has 0 aliphatic rings. The molecule has 1 atom stereocenters. The van der Waals surface area contributed by atoms with Crippen LogP contribution in [-0.2, 0) is 4.74 Å². The monoisotopic (exact) mass is 163 g/mol. The number of ether oxygens (including phenoxy) is 1.